The summed E-state index contributed by atoms with van der Waals surface area (Å²) >= 11 is 17.9. The second-order valence-corrected chi connectivity index (χ2v) is 22.7. The van der Waals surface area contributed by atoms with E-state index < -0.39 is 0 Å². The van der Waals surface area contributed by atoms with Crippen LogP contribution in [0.15, 0.2) is 277 Å². The topological polar surface area (TPSA) is 69.3 Å². The minimum atomic E-state index is 0.715. The standard InChI is InChI=1S/C72H58N8S4/c81-45-53-9-1-49(2-10-53)41-77-33-25-57(26-34-77)69-61-17-19-63(73-61)70(58-27-35-78(36-28-58)42-50-3-11-54(46-82)12-4-50)65-21-23-67(75-65)72(60-31-39-80(40-32-60)44-52-7-15-56(48-84)16-8-52)68-24-22-66(76-68)71(64-20-18-62(69)74-64)59-29-37-79(38-30-59)43-51-5-13-55(47-83)14-6-51/h1-40H,41-48H2,(H2-3,73,74,75,76,81,82,83,84)/p+4. The monoisotopic (exact) mass is 1170 g/mol. The smallest absolute Gasteiger partial charge is 0.214 e. The molecular weight excluding hydrogens is 1110 g/mol. The zero-order valence-electron chi connectivity index (χ0n) is 46.2. The molecule has 0 atom stereocenters. The molecule has 9 heterocycles. The summed E-state index contributed by atoms with van der Waals surface area (Å²) in [4.78, 5) is 21.4. The number of aliphatic imine (C=N–C) groups is 1. The Morgan fingerprint density at radius 2 is 0.738 bits per heavy atom. The van der Waals surface area contributed by atoms with Crippen molar-refractivity contribution in [1.29, 1.82) is 0 Å². The van der Waals surface area contributed by atoms with Gasteiger partial charge in [-0.1, -0.05) is 109 Å². The molecule has 5 aliphatic heterocycles. The number of allylic oxidation sites excluding steroid dienone is 11. The van der Waals surface area contributed by atoms with Crippen molar-refractivity contribution in [3.63, 3.8) is 0 Å². The van der Waals surface area contributed by atoms with Crippen LogP contribution >= 0.6 is 50.5 Å². The zero-order chi connectivity index (χ0) is 56.9. The van der Waals surface area contributed by atoms with Crippen LogP contribution < -0.4 is 28.7 Å². The molecule has 13 rings (SSSR count). The van der Waals surface area contributed by atoms with Crippen molar-refractivity contribution in [1.82, 2.24) is 9.88 Å². The molecule has 4 aromatic carbocycles. The summed E-state index contributed by atoms with van der Waals surface area (Å²) in [5, 5.41) is 0. The van der Waals surface area contributed by atoms with Crippen molar-refractivity contribution in [2.75, 3.05) is 0 Å². The summed E-state index contributed by atoms with van der Waals surface area (Å²) in [6, 6.07) is 52.3. The Hall–Kier alpha value is -8.52. The van der Waals surface area contributed by atoms with Gasteiger partial charge < -0.3 is 9.88 Å². The highest BCUT2D eigenvalue weighted by Gasteiger charge is 2.32. The Kier molecular flexibility index (Phi) is 16.1. The van der Waals surface area contributed by atoms with E-state index in [1.807, 2.05) is 0 Å². The number of thiol groups is 4. The SMILES string of the molecule is SCc1ccc(CN2C=CC(=C3C4=NC(=C(c5cc[n+](Cc6ccc(CS)cc6)cc5)C5=[NH+]C(=C(c6cc[n+](Cc7ccc(CS)cc7)cc6)c6ccc([n-]6)C(c6cc[n+](Cc7ccc(CS)cc7)cc6)=C6C=CC3=[NH+]6)C=C5)C=C4)C=C2)cc1. The van der Waals surface area contributed by atoms with Crippen molar-refractivity contribution < 1.29 is 23.7 Å². The summed E-state index contributed by atoms with van der Waals surface area (Å²) < 4.78 is 6.66. The van der Waals surface area contributed by atoms with E-state index in [9.17, 15) is 0 Å². The van der Waals surface area contributed by atoms with Gasteiger partial charge in [-0.25, -0.2) is 28.7 Å². The van der Waals surface area contributed by atoms with Crippen molar-refractivity contribution in [3.8, 4) is 0 Å². The minimum absolute atomic E-state index is 0.715. The molecule has 2 N–H and O–H groups in total. The Labute approximate surface area is 513 Å². The molecule has 0 spiro atoms. The molecule has 0 saturated heterocycles. The molecule has 84 heavy (non-hydrogen) atoms. The van der Waals surface area contributed by atoms with E-state index in [1.165, 1.54) is 44.5 Å². The van der Waals surface area contributed by atoms with Gasteiger partial charge in [-0.05, 0) is 68.8 Å². The largest absolute Gasteiger partial charge is 0.656 e. The number of pyridine rings is 3. The molecule has 8 nitrogen and oxygen atoms in total. The zero-order valence-corrected chi connectivity index (χ0v) is 49.8. The Bertz CT molecular complexity index is 4190. The first-order chi connectivity index (χ1) is 41.3. The number of rotatable bonds is 15. The van der Waals surface area contributed by atoms with Gasteiger partial charge in [0, 0.05) is 136 Å². The van der Waals surface area contributed by atoms with Crippen molar-refractivity contribution >= 4 is 84.4 Å². The third-order valence-electron chi connectivity index (χ3n) is 15.8. The Morgan fingerprint density at radius 3 is 1.14 bits per heavy atom. The van der Waals surface area contributed by atoms with Gasteiger partial charge in [0.25, 0.3) is 0 Å². The summed E-state index contributed by atoms with van der Waals surface area (Å²) in [5.41, 5.74) is 25.0. The van der Waals surface area contributed by atoms with Crippen LogP contribution in [0.5, 0.6) is 0 Å². The van der Waals surface area contributed by atoms with E-state index >= 15 is 0 Å². The molecule has 8 aromatic rings. The molecule has 0 amide bonds. The molecule has 0 fully saturated rings. The summed E-state index contributed by atoms with van der Waals surface area (Å²) in [7, 11) is 0. The first-order valence-corrected chi connectivity index (χ1v) is 30.8. The first kappa shape index (κ1) is 54.7. The number of nitrogens with one attached hydrogen (secondary N) is 2. The predicted octanol–water partition coefficient (Wildman–Crippen LogP) is 9.35. The van der Waals surface area contributed by atoms with Crippen LogP contribution in [0.1, 0.15) is 72.6 Å². The minimum Gasteiger partial charge on any atom is -0.656 e. The van der Waals surface area contributed by atoms with Gasteiger partial charge in [0.05, 0.1) is 22.6 Å². The number of nitrogens with zero attached hydrogens (tertiary/aromatic N) is 6. The van der Waals surface area contributed by atoms with E-state index in [1.54, 1.807) is 0 Å². The first-order valence-electron chi connectivity index (χ1n) is 28.2. The molecule has 0 saturated carbocycles. The summed E-state index contributed by atoms with van der Waals surface area (Å²) in [6.45, 7) is 2.97. The Balaban J connectivity index is 0.958. The van der Waals surface area contributed by atoms with Crippen LogP contribution in [0.2, 0.25) is 0 Å². The van der Waals surface area contributed by atoms with Gasteiger partial charge in [-0.15, -0.1) is 11.4 Å². The highest BCUT2D eigenvalue weighted by atomic mass is 32.1. The highest BCUT2D eigenvalue weighted by molar-refractivity contribution is 7.79. The van der Waals surface area contributed by atoms with Crippen LogP contribution in [-0.4, -0.2) is 22.0 Å². The molecule has 0 unspecified atom stereocenters. The van der Waals surface area contributed by atoms with Crippen molar-refractivity contribution in [3.05, 3.63) is 345 Å². The van der Waals surface area contributed by atoms with E-state index in [2.05, 4.69) is 323 Å². The molecular formula is C72H62N8S4+4. The summed E-state index contributed by atoms with van der Waals surface area (Å²) in [6.07, 6.45) is 34.8. The number of benzene rings is 4. The molecule has 0 aliphatic carbocycles. The molecule has 4 aromatic heterocycles. The average Bonchev–Trinajstić information content (AvgIpc) is 4.16. The number of aromatic nitrogens is 4. The van der Waals surface area contributed by atoms with Crippen LogP contribution in [-0.2, 0) is 49.2 Å². The van der Waals surface area contributed by atoms with Gasteiger partial charge >= 0.3 is 0 Å². The fourth-order valence-corrected chi connectivity index (χ4v) is 12.0. The van der Waals surface area contributed by atoms with Gasteiger partial charge in [0.1, 0.15) is 0 Å². The second kappa shape index (κ2) is 24.7. The fraction of sp³-hybridized carbons (Fsp3) is 0.111. The van der Waals surface area contributed by atoms with E-state index in [0.717, 1.165) is 116 Å². The van der Waals surface area contributed by atoms with Crippen LogP contribution in [0.25, 0.3) is 16.7 Å². The van der Waals surface area contributed by atoms with Crippen molar-refractivity contribution in [2.24, 2.45) is 4.99 Å². The lowest BCUT2D eigenvalue weighted by Gasteiger charge is -2.20. The maximum atomic E-state index is 5.63. The van der Waals surface area contributed by atoms with Gasteiger partial charge in [-0.2, -0.15) is 50.5 Å². The van der Waals surface area contributed by atoms with E-state index in [0.29, 0.717) is 23.0 Å². The van der Waals surface area contributed by atoms with Crippen molar-refractivity contribution in [2.45, 2.75) is 49.2 Å². The van der Waals surface area contributed by atoms with Crippen LogP contribution in [0.3, 0.4) is 0 Å². The number of hydrogen-bond acceptors (Lipinski definition) is 6. The highest BCUT2D eigenvalue weighted by Crippen LogP contribution is 2.33. The maximum Gasteiger partial charge on any atom is 0.214 e. The van der Waals surface area contributed by atoms with E-state index in [4.69, 9.17) is 9.98 Å². The molecule has 8 bridgehead atoms. The lowest BCUT2D eigenvalue weighted by atomic mass is 9.97. The quantitative estimate of drug-likeness (QED) is 0.0458. The van der Waals surface area contributed by atoms with Crippen LogP contribution in [0.4, 0.5) is 0 Å². The molecule has 5 aliphatic rings. The van der Waals surface area contributed by atoms with Gasteiger partial charge in [-0.3, -0.25) is 0 Å². The maximum absolute atomic E-state index is 5.63. The molecule has 12 heteroatoms. The fourth-order valence-electron chi connectivity index (χ4n) is 11.2. The molecule has 0 radical (unpaired) electrons. The predicted molar refractivity (Wildman–Crippen MR) is 350 cm³/mol. The lowest BCUT2D eigenvalue weighted by molar-refractivity contribution is -0.688. The van der Waals surface area contributed by atoms with Gasteiger partial charge in [0.15, 0.2) is 56.8 Å². The van der Waals surface area contributed by atoms with Gasteiger partial charge in [0.2, 0.25) is 22.8 Å². The normalized spacial score (nSPS) is 15.3. The van der Waals surface area contributed by atoms with Crippen LogP contribution in [0, 0.1) is 0 Å². The lowest BCUT2D eigenvalue weighted by Crippen LogP contribution is -2.69. The number of hydrogen-bond donors (Lipinski definition) is 6. The third-order valence-corrected chi connectivity index (χ3v) is 17.2. The average molecular weight is 1170 g/mol. The molecule has 410 valence electrons. The number of fused-ring (bicyclic) bond motifs is 5. The summed E-state index contributed by atoms with van der Waals surface area (Å²) in [5.74, 6) is 2.86. The van der Waals surface area contributed by atoms with E-state index in [-0.39, 0.29) is 0 Å². The second-order valence-electron chi connectivity index (χ2n) is 21.4. The Morgan fingerprint density at radius 1 is 0.369 bits per heavy atom. The third kappa shape index (κ3) is 12.0.